The molecular formula is C28H26Cl2N2O3. The normalized spacial score (nSPS) is 11.3. The lowest BCUT2D eigenvalue weighted by Crippen LogP contribution is -2.04. The van der Waals surface area contributed by atoms with Crippen LogP contribution < -0.4 is 4.74 Å². The van der Waals surface area contributed by atoms with Crippen LogP contribution in [0.3, 0.4) is 0 Å². The van der Waals surface area contributed by atoms with Gasteiger partial charge in [-0.25, -0.2) is 4.98 Å². The molecule has 0 amide bonds. The van der Waals surface area contributed by atoms with Crippen molar-refractivity contribution in [3.05, 3.63) is 82.2 Å². The molecule has 4 aromatic rings. The molecule has 7 heteroatoms. The number of esters is 1. The number of halogens is 2. The topological polar surface area (TPSA) is 53.4 Å². The number of aromatic nitrogens is 2. The highest BCUT2D eigenvalue weighted by Crippen LogP contribution is 2.30. The van der Waals surface area contributed by atoms with Crippen molar-refractivity contribution in [2.24, 2.45) is 0 Å². The maximum Gasteiger partial charge on any atom is 0.305 e. The van der Waals surface area contributed by atoms with Crippen LogP contribution in [0.15, 0.2) is 60.8 Å². The number of hydrogen-bond acceptors (Lipinski definition) is 4. The van der Waals surface area contributed by atoms with Gasteiger partial charge in [0, 0.05) is 29.7 Å². The van der Waals surface area contributed by atoms with Crippen molar-refractivity contribution in [2.75, 3.05) is 13.7 Å². The Labute approximate surface area is 214 Å². The predicted molar refractivity (Wildman–Crippen MR) is 143 cm³/mol. The zero-order chi connectivity index (χ0) is 24.8. The number of nitrogens with zero attached hydrogens (tertiary/aromatic N) is 2. The van der Waals surface area contributed by atoms with E-state index in [-0.39, 0.29) is 5.97 Å². The minimum Gasteiger partial charge on any atom is -0.494 e. The van der Waals surface area contributed by atoms with E-state index in [1.165, 1.54) is 7.11 Å². The molecule has 0 unspecified atom stereocenters. The number of rotatable bonds is 9. The summed E-state index contributed by atoms with van der Waals surface area (Å²) in [6.45, 7) is 3.34. The van der Waals surface area contributed by atoms with Gasteiger partial charge in [0.25, 0.3) is 0 Å². The number of aryl methyl sites for hydroxylation is 1. The molecule has 4 rings (SSSR count). The molecule has 0 aliphatic carbocycles. The monoisotopic (exact) mass is 508 g/mol. The van der Waals surface area contributed by atoms with Gasteiger partial charge in [0.05, 0.1) is 24.4 Å². The second-order valence-electron chi connectivity index (χ2n) is 8.02. The molecule has 0 fully saturated rings. The molecule has 1 aromatic heterocycles. The summed E-state index contributed by atoms with van der Waals surface area (Å²) >= 11 is 12.4. The van der Waals surface area contributed by atoms with Gasteiger partial charge in [0.1, 0.15) is 11.6 Å². The molecule has 0 aliphatic heterocycles. The number of fused-ring (bicyclic) bond motifs is 1. The van der Waals surface area contributed by atoms with Gasteiger partial charge in [-0.15, -0.1) is 0 Å². The number of benzene rings is 3. The lowest BCUT2D eigenvalue weighted by atomic mass is 10.1. The van der Waals surface area contributed by atoms with E-state index in [0.717, 1.165) is 45.7 Å². The Kier molecular flexibility index (Phi) is 8.11. The van der Waals surface area contributed by atoms with Crippen molar-refractivity contribution in [2.45, 2.75) is 26.3 Å². The fraction of sp³-hybridized carbons (Fsp3) is 0.214. The maximum absolute atomic E-state index is 11.2. The van der Waals surface area contributed by atoms with E-state index in [1.807, 2.05) is 42.6 Å². The summed E-state index contributed by atoms with van der Waals surface area (Å²) in [6, 6.07) is 17.7. The van der Waals surface area contributed by atoms with Gasteiger partial charge in [0.2, 0.25) is 0 Å². The smallest absolute Gasteiger partial charge is 0.305 e. The van der Waals surface area contributed by atoms with Crippen LogP contribution in [0.1, 0.15) is 31.2 Å². The van der Waals surface area contributed by atoms with Gasteiger partial charge in [-0.1, -0.05) is 47.5 Å². The van der Waals surface area contributed by atoms with Gasteiger partial charge in [0.15, 0.2) is 0 Å². The first-order valence-corrected chi connectivity index (χ1v) is 12.2. The van der Waals surface area contributed by atoms with E-state index in [0.29, 0.717) is 29.5 Å². The zero-order valence-corrected chi connectivity index (χ0v) is 21.1. The average Bonchev–Trinajstić information content (AvgIpc) is 3.28. The van der Waals surface area contributed by atoms with Crippen molar-refractivity contribution in [1.29, 1.82) is 0 Å². The van der Waals surface area contributed by atoms with Crippen molar-refractivity contribution >= 4 is 52.1 Å². The molecule has 0 aliphatic rings. The average molecular weight is 509 g/mol. The molecule has 0 bridgehead atoms. The van der Waals surface area contributed by atoms with Crippen LogP contribution in [0.4, 0.5) is 0 Å². The molecule has 35 heavy (non-hydrogen) atoms. The summed E-state index contributed by atoms with van der Waals surface area (Å²) < 4.78 is 12.5. The Morgan fingerprint density at radius 2 is 1.83 bits per heavy atom. The fourth-order valence-electron chi connectivity index (χ4n) is 3.76. The first kappa shape index (κ1) is 24.8. The quantitative estimate of drug-likeness (QED) is 0.173. The maximum atomic E-state index is 11.2. The molecule has 0 saturated heterocycles. The van der Waals surface area contributed by atoms with Gasteiger partial charge in [-0.05, 0) is 72.2 Å². The van der Waals surface area contributed by atoms with Crippen molar-refractivity contribution in [1.82, 2.24) is 9.55 Å². The molecule has 1 heterocycles. The summed E-state index contributed by atoms with van der Waals surface area (Å²) in [5.41, 5.74) is 2.73. The van der Waals surface area contributed by atoms with Crippen LogP contribution in [-0.4, -0.2) is 29.2 Å². The van der Waals surface area contributed by atoms with Crippen LogP contribution in [0.5, 0.6) is 5.75 Å². The number of carbonyl (C=O) groups is 1. The number of methoxy groups -OCH3 is 1. The molecule has 0 N–H and O–H groups in total. The fourth-order valence-corrected chi connectivity index (χ4v) is 4.26. The van der Waals surface area contributed by atoms with E-state index in [9.17, 15) is 4.79 Å². The molecule has 180 valence electrons. The third-order valence-corrected chi connectivity index (χ3v) is 6.19. The summed E-state index contributed by atoms with van der Waals surface area (Å²) in [5.74, 6) is 1.41. The summed E-state index contributed by atoms with van der Waals surface area (Å²) in [5, 5.41) is 3.38. The highest BCUT2D eigenvalue weighted by Gasteiger charge is 2.10. The zero-order valence-electron chi connectivity index (χ0n) is 19.6. The van der Waals surface area contributed by atoms with E-state index >= 15 is 0 Å². The largest absolute Gasteiger partial charge is 0.494 e. The van der Waals surface area contributed by atoms with Crippen LogP contribution in [-0.2, 0) is 16.1 Å². The lowest BCUT2D eigenvalue weighted by molar-refractivity contribution is -0.140. The third-order valence-electron chi connectivity index (χ3n) is 5.64. The highest BCUT2D eigenvalue weighted by molar-refractivity contribution is 6.36. The molecule has 3 aromatic carbocycles. The van der Waals surface area contributed by atoms with Gasteiger partial charge < -0.3 is 14.0 Å². The van der Waals surface area contributed by atoms with Crippen molar-refractivity contribution < 1.29 is 14.3 Å². The first-order valence-electron chi connectivity index (χ1n) is 11.4. The number of imidazole rings is 1. The van der Waals surface area contributed by atoms with Crippen LogP contribution in [0.25, 0.3) is 34.2 Å². The Hall–Kier alpha value is -3.28. The van der Waals surface area contributed by atoms with E-state index in [4.69, 9.17) is 32.9 Å². The van der Waals surface area contributed by atoms with E-state index in [1.54, 1.807) is 6.07 Å². The Balaban J connectivity index is 1.48. The molecule has 0 atom stereocenters. The second kappa shape index (κ2) is 11.4. The van der Waals surface area contributed by atoms with Crippen molar-refractivity contribution in [3.63, 3.8) is 0 Å². The second-order valence-corrected chi connectivity index (χ2v) is 8.87. The Morgan fingerprint density at radius 1 is 1.03 bits per heavy atom. The van der Waals surface area contributed by atoms with Gasteiger partial charge >= 0.3 is 5.97 Å². The van der Waals surface area contributed by atoms with Crippen LogP contribution in [0, 0.1) is 0 Å². The molecule has 0 saturated carbocycles. The molecular weight excluding hydrogens is 483 g/mol. The molecule has 0 radical (unpaired) electrons. The minimum absolute atomic E-state index is 0.223. The van der Waals surface area contributed by atoms with Crippen molar-refractivity contribution in [3.8, 4) is 17.0 Å². The predicted octanol–water partition coefficient (Wildman–Crippen LogP) is 7.53. The van der Waals surface area contributed by atoms with Gasteiger partial charge in [-0.2, -0.15) is 0 Å². The third kappa shape index (κ3) is 6.24. The van der Waals surface area contributed by atoms with Crippen LogP contribution >= 0.6 is 23.2 Å². The Morgan fingerprint density at radius 3 is 2.60 bits per heavy atom. The lowest BCUT2D eigenvalue weighted by Gasteiger charge is -2.07. The van der Waals surface area contributed by atoms with E-state index < -0.39 is 0 Å². The summed E-state index contributed by atoms with van der Waals surface area (Å²) in [6.07, 6.45) is 7.04. The summed E-state index contributed by atoms with van der Waals surface area (Å²) in [7, 11) is 1.39. The van der Waals surface area contributed by atoms with E-state index in [2.05, 4.69) is 40.5 Å². The first-order chi connectivity index (χ1) is 17.0. The standard InChI is InChI=1S/C28H26Cl2N2O3/c1-3-32-18-26(24-12-10-22(29)17-25(24)30)31-27(32)13-7-19-6-8-21-16-23(11-9-20(21)15-19)35-14-4-5-28(33)34-2/h6-13,15-18H,3-5,14H2,1-2H3. The SMILES string of the molecule is CCn1cc(-c2ccc(Cl)cc2Cl)nc1C=Cc1ccc2cc(OCCCC(=O)OC)ccc2c1. The highest BCUT2D eigenvalue weighted by atomic mass is 35.5. The number of ether oxygens (including phenoxy) is 2. The number of carbonyl (C=O) groups excluding carboxylic acids is 1. The number of hydrogen-bond donors (Lipinski definition) is 0. The molecule has 0 spiro atoms. The minimum atomic E-state index is -0.223. The Bertz CT molecular complexity index is 1380. The molecule has 5 nitrogen and oxygen atoms in total. The van der Waals surface area contributed by atoms with Crippen LogP contribution in [0.2, 0.25) is 10.0 Å². The summed E-state index contributed by atoms with van der Waals surface area (Å²) in [4.78, 5) is 16.0. The van der Waals surface area contributed by atoms with Gasteiger partial charge in [-0.3, -0.25) is 4.79 Å².